The third-order valence-electron chi connectivity index (χ3n) is 1.09. The molecule has 0 N–H and O–H groups in total. The Labute approximate surface area is 72.9 Å². The van der Waals surface area contributed by atoms with Crippen LogP contribution in [0.3, 0.4) is 0 Å². The standard InChI is InChI=1S/C6H8INO2/c1-9-6-4-5(2-3-7)10-8-6/h4H,2-3H2,1H3. The van der Waals surface area contributed by atoms with Gasteiger partial charge in [0.05, 0.1) is 7.11 Å². The van der Waals surface area contributed by atoms with Crippen LogP contribution in [-0.2, 0) is 6.42 Å². The monoisotopic (exact) mass is 253 g/mol. The molecule has 0 aliphatic carbocycles. The first-order chi connectivity index (χ1) is 4.86. The largest absolute Gasteiger partial charge is 0.479 e. The summed E-state index contributed by atoms with van der Waals surface area (Å²) in [5.74, 6) is 1.44. The lowest BCUT2D eigenvalue weighted by Crippen LogP contribution is -1.80. The molecule has 4 heteroatoms. The molecule has 0 unspecified atom stereocenters. The van der Waals surface area contributed by atoms with Crippen LogP contribution in [0, 0.1) is 0 Å². The zero-order valence-corrected chi connectivity index (χ0v) is 7.79. The summed E-state index contributed by atoms with van der Waals surface area (Å²) >= 11 is 2.28. The van der Waals surface area contributed by atoms with Crippen LogP contribution in [0.4, 0.5) is 0 Å². The van der Waals surface area contributed by atoms with Gasteiger partial charge in [-0.25, -0.2) is 0 Å². The lowest BCUT2D eigenvalue weighted by atomic mass is 10.4. The number of alkyl halides is 1. The highest BCUT2D eigenvalue weighted by Gasteiger charge is 2.01. The fraction of sp³-hybridized carbons (Fsp3) is 0.500. The molecule has 0 amide bonds. The second-order valence-electron chi connectivity index (χ2n) is 1.77. The van der Waals surface area contributed by atoms with Crippen LogP contribution in [-0.4, -0.2) is 16.7 Å². The normalized spacial score (nSPS) is 9.80. The van der Waals surface area contributed by atoms with Gasteiger partial charge in [-0.05, 0) is 5.16 Å². The van der Waals surface area contributed by atoms with E-state index in [9.17, 15) is 0 Å². The Kier molecular flexibility index (Phi) is 2.98. The second-order valence-corrected chi connectivity index (χ2v) is 2.85. The van der Waals surface area contributed by atoms with Crippen molar-refractivity contribution in [1.29, 1.82) is 0 Å². The SMILES string of the molecule is COc1cc(CCI)on1. The Morgan fingerprint density at radius 3 is 3.10 bits per heavy atom. The Balaban J connectivity index is 2.59. The van der Waals surface area contributed by atoms with E-state index in [2.05, 4.69) is 27.7 Å². The number of aromatic nitrogens is 1. The van der Waals surface area contributed by atoms with Crippen molar-refractivity contribution in [3.05, 3.63) is 11.8 Å². The highest BCUT2D eigenvalue weighted by Crippen LogP contribution is 2.11. The van der Waals surface area contributed by atoms with Crippen LogP contribution in [0.1, 0.15) is 5.76 Å². The van der Waals surface area contributed by atoms with Crippen molar-refractivity contribution in [1.82, 2.24) is 5.16 Å². The summed E-state index contributed by atoms with van der Waals surface area (Å²) in [5, 5.41) is 3.65. The first kappa shape index (κ1) is 7.84. The third kappa shape index (κ3) is 1.86. The summed E-state index contributed by atoms with van der Waals surface area (Å²) in [6.45, 7) is 0. The smallest absolute Gasteiger partial charge is 0.254 e. The van der Waals surface area contributed by atoms with Gasteiger partial charge in [0, 0.05) is 16.9 Å². The van der Waals surface area contributed by atoms with Gasteiger partial charge < -0.3 is 9.26 Å². The van der Waals surface area contributed by atoms with E-state index in [1.165, 1.54) is 0 Å². The van der Waals surface area contributed by atoms with Gasteiger partial charge in [-0.3, -0.25) is 0 Å². The molecule has 1 aromatic heterocycles. The van der Waals surface area contributed by atoms with Crippen LogP contribution >= 0.6 is 22.6 Å². The van der Waals surface area contributed by atoms with E-state index in [-0.39, 0.29) is 0 Å². The maximum atomic E-state index is 4.92. The van der Waals surface area contributed by atoms with E-state index in [1.807, 2.05) is 0 Å². The van der Waals surface area contributed by atoms with Crippen LogP contribution in [0.25, 0.3) is 0 Å². The lowest BCUT2D eigenvalue weighted by molar-refractivity contribution is 0.328. The summed E-state index contributed by atoms with van der Waals surface area (Å²) in [4.78, 5) is 0. The van der Waals surface area contributed by atoms with E-state index in [0.717, 1.165) is 16.6 Å². The van der Waals surface area contributed by atoms with Gasteiger partial charge in [0.25, 0.3) is 5.88 Å². The molecule has 0 aliphatic heterocycles. The van der Waals surface area contributed by atoms with Crippen molar-refractivity contribution in [2.75, 3.05) is 11.5 Å². The maximum Gasteiger partial charge on any atom is 0.254 e. The molecule has 0 saturated heterocycles. The molecule has 56 valence electrons. The second kappa shape index (κ2) is 3.80. The molecule has 0 spiro atoms. The van der Waals surface area contributed by atoms with Crippen molar-refractivity contribution in [2.45, 2.75) is 6.42 Å². The van der Waals surface area contributed by atoms with Crippen molar-refractivity contribution in [3.63, 3.8) is 0 Å². The predicted molar refractivity (Wildman–Crippen MR) is 45.6 cm³/mol. The Morgan fingerprint density at radius 1 is 1.80 bits per heavy atom. The first-order valence-corrected chi connectivity index (χ1v) is 4.45. The number of rotatable bonds is 3. The van der Waals surface area contributed by atoms with Crippen molar-refractivity contribution in [2.24, 2.45) is 0 Å². The van der Waals surface area contributed by atoms with Gasteiger partial charge >= 0.3 is 0 Å². The zero-order valence-electron chi connectivity index (χ0n) is 5.63. The molecular formula is C6H8INO2. The lowest BCUT2D eigenvalue weighted by Gasteiger charge is -1.84. The third-order valence-corrected chi connectivity index (χ3v) is 1.63. The van der Waals surface area contributed by atoms with Gasteiger partial charge in [-0.1, -0.05) is 22.6 Å². The summed E-state index contributed by atoms with van der Waals surface area (Å²) < 4.78 is 10.8. The number of methoxy groups -OCH3 is 1. The van der Waals surface area contributed by atoms with Crippen LogP contribution < -0.4 is 4.74 Å². The molecule has 0 radical (unpaired) electrons. The molecule has 10 heavy (non-hydrogen) atoms. The molecule has 3 nitrogen and oxygen atoms in total. The Morgan fingerprint density at radius 2 is 2.60 bits per heavy atom. The molecule has 1 heterocycles. The van der Waals surface area contributed by atoms with E-state index in [0.29, 0.717) is 5.88 Å². The van der Waals surface area contributed by atoms with E-state index >= 15 is 0 Å². The molecule has 0 saturated carbocycles. The van der Waals surface area contributed by atoms with E-state index in [1.54, 1.807) is 13.2 Å². The fourth-order valence-electron chi connectivity index (χ4n) is 0.601. The van der Waals surface area contributed by atoms with Gasteiger partial charge in [0.1, 0.15) is 5.76 Å². The first-order valence-electron chi connectivity index (χ1n) is 2.92. The number of nitrogens with zero attached hydrogens (tertiary/aromatic N) is 1. The fourth-order valence-corrected chi connectivity index (χ4v) is 1.13. The molecule has 0 atom stereocenters. The van der Waals surface area contributed by atoms with Crippen molar-refractivity contribution in [3.8, 4) is 5.88 Å². The van der Waals surface area contributed by atoms with Gasteiger partial charge in [0.2, 0.25) is 0 Å². The average molecular weight is 253 g/mol. The Hall–Kier alpha value is -0.260. The van der Waals surface area contributed by atoms with Crippen LogP contribution in [0.2, 0.25) is 0 Å². The molecule has 0 bridgehead atoms. The van der Waals surface area contributed by atoms with E-state index in [4.69, 9.17) is 9.26 Å². The highest BCUT2D eigenvalue weighted by atomic mass is 127. The molecule has 1 aromatic rings. The van der Waals surface area contributed by atoms with Gasteiger partial charge in [-0.15, -0.1) is 0 Å². The number of ether oxygens (including phenoxy) is 1. The number of halogens is 1. The minimum Gasteiger partial charge on any atom is -0.479 e. The molecule has 0 aromatic carbocycles. The van der Waals surface area contributed by atoms with Crippen molar-refractivity contribution >= 4 is 22.6 Å². The topological polar surface area (TPSA) is 35.3 Å². The summed E-state index contributed by atoms with van der Waals surface area (Å²) in [6.07, 6.45) is 0.914. The average Bonchev–Trinajstić information content (AvgIpc) is 2.37. The number of hydrogen-bond acceptors (Lipinski definition) is 3. The summed E-state index contributed by atoms with van der Waals surface area (Å²) in [5.41, 5.74) is 0. The van der Waals surface area contributed by atoms with Crippen LogP contribution in [0.15, 0.2) is 10.6 Å². The minimum atomic E-state index is 0.555. The number of aryl methyl sites for hydroxylation is 1. The highest BCUT2D eigenvalue weighted by molar-refractivity contribution is 14.1. The minimum absolute atomic E-state index is 0.555. The molecule has 0 fully saturated rings. The quantitative estimate of drug-likeness (QED) is 0.607. The summed E-state index contributed by atoms with van der Waals surface area (Å²) in [7, 11) is 1.58. The maximum absolute atomic E-state index is 4.92. The zero-order chi connectivity index (χ0) is 7.40. The number of hydrogen-bond donors (Lipinski definition) is 0. The van der Waals surface area contributed by atoms with Gasteiger partial charge in [0.15, 0.2) is 0 Å². The summed E-state index contributed by atoms with van der Waals surface area (Å²) in [6, 6.07) is 1.80. The molecule has 1 rings (SSSR count). The molecule has 0 aliphatic rings. The van der Waals surface area contributed by atoms with Gasteiger partial charge in [-0.2, -0.15) is 0 Å². The predicted octanol–water partition coefficient (Wildman–Crippen LogP) is 1.66. The van der Waals surface area contributed by atoms with Crippen molar-refractivity contribution < 1.29 is 9.26 Å². The van der Waals surface area contributed by atoms with Crippen LogP contribution in [0.5, 0.6) is 5.88 Å². The molecular weight excluding hydrogens is 245 g/mol. The van der Waals surface area contributed by atoms with E-state index < -0.39 is 0 Å². The Bertz CT molecular complexity index is 199.